The third kappa shape index (κ3) is 5.42. The van der Waals surface area contributed by atoms with E-state index in [9.17, 15) is 9.90 Å². The monoisotopic (exact) mass is 543 g/mol. The second-order valence-electron chi connectivity index (χ2n) is 7.49. The highest BCUT2D eigenvalue weighted by atomic mass is 79.9. The molecule has 1 amide bonds. The van der Waals surface area contributed by atoms with Gasteiger partial charge in [0.2, 0.25) is 0 Å². The first kappa shape index (κ1) is 22.8. The van der Waals surface area contributed by atoms with Crippen LogP contribution in [0.1, 0.15) is 10.4 Å². The Morgan fingerprint density at radius 3 is 2.51 bits per heavy atom. The van der Waals surface area contributed by atoms with Crippen LogP contribution >= 0.6 is 27.7 Å². The highest BCUT2D eigenvalue weighted by Gasteiger charge is 2.12. The van der Waals surface area contributed by atoms with Crippen molar-refractivity contribution >= 4 is 61.8 Å². The molecule has 0 saturated carbocycles. The summed E-state index contributed by atoms with van der Waals surface area (Å²) >= 11 is 4.91. The lowest BCUT2D eigenvalue weighted by molar-refractivity contribution is 0.102. The van der Waals surface area contributed by atoms with Crippen molar-refractivity contribution in [3.63, 3.8) is 0 Å². The van der Waals surface area contributed by atoms with Crippen LogP contribution in [0.15, 0.2) is 106 Å². The summed E-state index contributed by atoms with van der Waals surface area (Å²) in [5, 5.41) is 16.7. The Bertz CT molecular complexity index is 1510. The van der Waals surface area contributed by atoms with E-state index < -0.39 is 0 Å². The van der Waals surface area contributed by atoms with Crippen LogP contribution in [0.3, 0.4) is 0 Å². The van der Waals surface area contributed by atoms with Crippen LogP contribution in [0.2, 0.25) is 0 Å². The number of pyridine rings is 1. The van der Waals surface area contributed by atoms with Crippen molar-refractivity contribution in [2.75, 3.05) is 10.6 Å². The fourth-order valence-corrected chi connectivity index (χ4v) is 4.51. The zero-order valence-electron chi connectivity index (χ0n) is 18.1. The van der Waals surface area contributed by atoms with Gasteiger partial charge in [0, 0.05) is 31.7 Å². The summed E-state index contributed by atoms with van der Waals surface area (Å²) in [5.74, 6) is 0.602. The molecule has 0 aliphatic carbocycles. The number of nitrogens with one attached hydrogen (secondary N) is 2. The third-order valence-corrected chi connectivity index (χ3v) is 6.68. The number of aromatic nitrogens is 3. The molecule has 0 spiro atoms. The van der Waals surface area contributed by atoms with Crippen LogP contribution in [-0.2, 0) is 0 Å². The predicted molar refractivity (Wildman–Crippen MR) is 141 cm³/mol. The minimum absolute atomic E-state index is 0.207. The van der Waals surface area contributed by atoms with E-state index in [0.29, 0.717) is 22.7 Å². The van der Waals surface area contributed by atoms with Crippen LogP contribution in [0.4, 0.5) is 17.2 Å². The number of rotatable bonds is 6. The maximum absolute atomic E-state index is 12.8. The van der Waals surface area contributed by atoms with Gasteiger partial charge in [0.25, 0.3) is 5.91 Å². The van der Waals surface area contributed by atoms with Crippen molar-refractivity contribution in [3.05, 3.63) is 101 Å². The molecular weight excluding hydrogens is 526 g/mol. The van der Waals surface area contributed by atoms with E-state index in [0.717, 1.165) is 25.3 Å². The molecule has 2 heterocycles. The molecule has 3 aromatic carbocycles. The van der Waals surface area contributed by atoms with E-state index in [4.69, 9.17) is 0 Å². The standard InChI is InChI=1S/C26H18BrN5O2S/c27-17-5-3-16(4-6-17)26(34)31-18-7-12-23(35-20-10-8-19(33)9-11-20)22(14-18)32-25-21-2-1-13-28-24(21)29-15-30-25/h1-15,33H,(H,31,34)(H,28,29,30,32). The average molecular weight is 544 g/mol. The number of hydrogen-bond acceptors (Lipinski definition) is 7. The summed E-state index contributed by atoms with van der Waals surface area (Å²) in [5.41, 5.74) is 2.52. The Labute approximate surface area is 213 Å². The Kier molecular flexibility index (Phi) is 6.60. The van der Waals surface area contributed by atoms with Crippen LogP contribution in [-0.4, -0.2) is 26.0 Å². The molecule has 172 valence electrons. The lowest BCUT2D eigenvalue weighted by Gasteiger charge is -2.15. The zero-order valence-corrected chi connectivity index (χ0v) is 20.5. The van der Waals surface area contributed by atoms with Gasteiger partial charge in [-0.25, -0.2) is 15.0 Å². The molecule has 0 fully saturated rings. The van der Waals surface area contributed by atoms with Gasteiger partial charge in [0.05, 0.1) is 11.1 Å². The van der Waals surface area contributed by atoms with Gasteiger partial charge in [-0.3, -0.25) is 4.79 Å². The van der Waals surface area contributed by atoms with Gasteiger partial charge < -0.3 is 15.7 Å². The molecule has 2 aromatic heterocycles. The molecule has 35 heavy (non-hydrogen) atoms. The van der Waals surface area contributed by atoms with E-state index in [2.05, 4.69) is 41.5 Å². The highest BCUT2D eigenvalue weighted by molar-refractivity contribution is 9.10. The largest absolute Gasteiger partial charge is 0.508 e. The number of amides is 1. The number of phenolic OH excluding ortho intramolecular Hbond substituents is 1. The molecule has 0 aliphatic rings. The number of aromatic hydroxyl groups is 1. The topological polar surface area (TPSA) is 100 Å². The number of nitrogens with zero attached hydrogens (tertiary/aromatic N) is 3. The molecule has 0 bridgehead atoms. The van der Waals surface area contributed by atoms with Gasteiger partial charge in [-0.15, -0.1) is 0 Å². The molecule has 9 heteroatoms. The number of carbonyl (C=O) groups excluding carboxylic acids is 1. The molecule has 5 rings (SSSR count). The Morgan fingerprint density at radius 2 is 1.71 bits per heavy atom. The second kappa shape index (κ2) is 10.1. The van der Waals surface area contributed by atoms with Crippen molar-refractivity contribution in [2.24, 2.45) is 0 Å². The molecule has 3 N–H and O–H groups in total. The Balaban J connectivity index is 1.49. The maximum Gasteiger partial charge on any atom is 0.255 e. The van der Waals surface area contributed by atoms with Crippen molar-refractivity contribution in [2.45, 2.75) is 9.79 Å². The average Bonchev–Trinajstić information content (AvgIpc) is 2.87. The fourth-order valence-electron chi connectivity index (χ4n) is 3.36. The maximum atomic E-state index is 12.8. The van der Waals surface area contributed by atoms with Crippen molar-refractivity contribution in [1.82, 2.24) is 15.0 Å². The highest BCUT2D eigenvalue weighted by Crippen LogP contribution is 2.37. The lowest BCUT2D eigenvalue weighted by atomic mass is 10.2. The second-order valence-corrected chi connectivity index (χ2v) is 9.52. The fraction of sp³-hybridized carbons (Fsp3) is 0. The van der Waals surface area contributed by atoms with Gasteiger partial charge in [-0.05, 0) is 78.9 Å². The molecule has 0 atom stereocenters. The van der Waals surface area contributed by atoms with Gasteiger partial charge >= 0.3 is 0 Å². The molecular formula is C26H18BrN5O2S. The summed E-state index contributed by atoms with van der Waals surface area (Å²) in [6.07, 6.45) is 3.15. The molecule has 7 nitrogen and oxygen atoms in total. The number of phenols is 1. The zero-order chi connectivity index (χ0) is 24.2. The summed E-state index contributed by atoms with van der Waals surface area (Å²) < 4.78 is 0.905. The summed E-state index contributed by atoms with van der Waals surface area (Å²) in [4.78, 5) is 27.6. The van der Waals surface area contributed by atoms with Crippen LogP contribution < -0.4 is 10.6 Å². The molecule has 0 unspecified atom stereocenters. The first-order valence-corrected chi connectivity index (χ1v) is 12.2. The van der Waals surface area contributed by atoms with Gasteiger partial charge in [-0.2, -0.15) is 0 Å². The van der Waals surface area contributed by atoms with E-state index in [-0.39, 0.29) is 11.7 Å². The van der Waals surface area contributed by atoms with Crippen LogP contribution in [0.25, 0.3) is 11.0 Å². The quantitative estimate of drug-likeness (QED) is 0.220. The lowest BCUT2D eigenvalue weighted by Crippen LogP contribution is -2.12. The van der Waals surface area contributed by atoms with E-state index in [1.807, 2.05) is 54.6 Å². The van der Waals surface area contributed by atoms with Gasteiger partial charge in [0.15, 0.2) is 5.65 Å². The summed E-state index contributed by atoms with van der Waals surface area (Å²) in [6.45, 7) is 0. The minimum atomic E-state index is -0.209. The van der Waals surface area contributed by atoms with E-state index >= 15 is 0 Å². The first-order valence-electron chi connectivity index (χ1n) is 10.6. The smallest absolute Gasteiger partial charge is 0.255 e. The number of halogens is 1. The SMILES string of the molecule is O=C(Nc1ccc(Sc2ccc(O)cc2)c(Nc2ncnc3ncccc23)c1)c1ccc(Br)cc1. The summed E-state index contributed by atoms with van der Waals surface area (Å²) in [7, 11) is 0. The predicted octanol–water partition coefficient (Wildman–Crippen LogP) is 6.64. The number of benzene rings is 3. The number of fused-ring (bicyclic) bond motifs is 1. The number of carbonyl (C=O) groups is 1. The van der Waals surface area contributed by atoms with Crippen molar-refractivity contribution in [1.29, 1.82) is 0 Å². The molecule has 0 aliphatic heterocycles. The van der Waals surface area contributed by atoms with Crippen molar-refractivity contribution in [3.8, 4) is 5.75 Å². The van der Waals surface area contributed by atoms with E-state index in [1.54, 1.807) is 30.5 Å². The van der Waals surface area contributed by atoms with Crippen molar-refractivity contribution < 1.29 is 9.90 Å². The molecule has 0 saturated heterocycles. The summed E-state index contributed by atoms with van der Waals surface area (Å²) in [6, 6.07) is 23.5. The van der Waals surface area contributed by atoms with Gasteiger partial charge in [0.1, 0.15) is 17.9 Å². The first-order chi connectivity index (χ1) is 17.0. The van der Waals surface area contributed by atoms with Gasteiger partial charge in [-0.1, -0.05) is 27.7 Å². The van der Waals surface area contributed by atoms with Crippen LogP contribution in [0.5, 0.6) is 5.75 Å². The minimum Gasteiger partial charge on any atom is -0.508 e. The third-order valence-electron chi connectivity index (χ3n) is 5.07. The number of hydrogen-bond donors (Lipinski definition) is 3. The van der Waals surface area contributed by atoms with Crippen LogP contribution in [0, 0.1) is 0 Å². The molecule has 5 aromatic rings. The number of anilines is 3. The van der Waals surface area contributed by atoms with E-state index in [1.165, 1.54) is 18.1 Å². The Morgan fingerprint density at radius 1 is 0.914 bits per heavy atom. The Hall–Kier alpha value is -3.95. The normalized spacial score (nSPS) is 10.8. The molecule has 0 radical (unpaired) electrons.